The second kappa shape index (κ2) is 7.88. The van der Waals surface area contributed by atoms with E-state index in [0.717, 1.165) is 38.5 Å². The van der Waals surface area contributed by atoms with Crippen LogP contribution in [0.5, 0.6) is 0 Å². The van der Waals surface area contributed by atoms with E-state index < -0.39 is 0 Å². The van der Waals surface area contributed by atoms with Crippen molar-refractivity contribution < 1.29 is 4.79 Å². The van der Waals surface area contributed by atoms with Gasteiger partial charge in [-0.3, -0.25) is 4.79 Å². The maximum atomic E-state index is 12.5. The highest BCUT2D eigenvalue weighted by molar-refractivity contribution is 5.79. The largest absolute Gasteiger partial charge is 0.349 e. The summed E-state index contributed by atoms with van der Waals surface area (Å²) in [4.78, 5) is 12.5. The van der Waals surface area contributed by atoms with Gasteiger partial charge < -0.3 is 11.1 Å². The number of carbonyl (C=O) groups excluding carboxylic acids is 1. The Hall–Kier alpha value is -0.570. The average molecular weight is 268 g/mol. The van der Waals surface area contributed by atoms with E-state index in [0.29, 0.717) is 12.5 Å². The molecule has 2 atom stereocenters. The minimum atomic E-state index is -0.130. The van der Waals surface area contributed by atoms with E-state index in [9.17, 15) is 4.79 Å². The van der Waals surface area contributed by atoms with Crippen molar-refractivity contribution in [3.63, 3.8) is 0 Å². The Bertz CT molecular complexity index is 274. The van der Waals surface area contributed by atoms with Gasteiger partial charge in [-0.1, -0.05) is 46.5 Å². The molecule has 2 unspecified atom stereocenters. The first-order valence-corrected chi connectivity index (χ1v) is 8.09. The maximum absolute atomic E-state index is 12.5. The fourth-order valence-corrected chi connectivity index (χ4v) is 3.48. The van der Waals surface area contributed by atoms with Gasteiger partial charge in [-0.05, 0) is 31.6 Å². The summed E-state index contributed by atoms with van der Waals surface area (Å²) < 4.78 is 0. The van der Waals surface area contributed by atoms with Crippen LogP contribution >= 0.6 is 0 Å². The third-order valence-electron chi connectivity index (χ3n) is 4.52. The Labute approximate surface area is 118 Å². The van der Waals surface area contributed by atoms with E-state index in [-0.39, 0.29) is 17.4 Å². The van der Waals surface area contributed by atoms with Crippen molar-refractivity contribution >= 4 is 5.91 Å². The summed E-state index contributed by atoms with van der Waals surface area (Å²) in [5, 5.41) is 3.32. The highest BCUT2D eigenvalue weighted by atomic mass is 16.2. The van der Waals surface area contributed by atoms with Gasteiger partial charge in [0.15, 0.2) is 0 Å². The molecule has 0 aromatic rings. The van der Waals surface area contributed by atoms with Crippen LogP contribution in [0.3, 0.4) is 0 Å². The van der Waals surface area contributed by atoms with Crippen molar-refractivity contribution in [2.75, 3.05) is 6.54 Å². The van der Waals surface area contributed by atoms with Gasteiger partial charge >= 0.3 is 0 Å². The van der Waals surface area contributed by atoms with Gasteiger partial charge in [0, 0.05) is 12.5 Å². The lowest BCUT2D eigenvalue weighted by Crippen LogP contribution is -2.57. The van der Waals surface area contributed by atoms with Gasteiger partial charge in [0.2, 0.25) is 5.91 Å². The van der Waals surface area contributed by atoms with Crippen LogP contribution in [-0.2, 0) is 4.79 Å². The Morgan fingerprint density at radius 2 is 2.00 bits per heavy atom. The molecule has 1 fully saturated rings. The van der Waals surface area contributed by atoms with Crippen LogP contribution < -0.4 is 11.1 Å². The predicted octanol–water partition coefficient (Wildman–Crippen LogP) is 3.23. The summed E-state index contributed by atoms with van der Waals surface area (Å²) in [7, 11) is 0. The van der Waals surface area contributed by atoms with E-state index in [1.807, 2.05) is 0 Å². The van der Waals surface area contributed by atoms with Gasteiger partial charge in [-0.2, -0.15) is 0 Å². The molecule has 3 nitrogen and oxygen atoms in total. The van der Waals surface area contributed by atoms with E-state index >= 15 is 0 Å². The topological polar surface area (TPSA) is 55.1 Å². The summed E-state index contributed by atoms with van der Waals surface area (Å²) in [6, 6.07) is 0. The minimum absolute atomic E-state index is 0.130. The summed E-state index contributed by atoms with van der Waals surface area (Å²) in [6.45, 7) is 7.15. The number of amides is 1. The molecule has 0 aliphatic heterocycles. The third kappa shape index (κ3) is 4.79. The van der Waals surface area contributed by atoms with Crippen molar-refractivity contribution in [1.29, 1.82) is 0 Å². The molecule has 3 N–H and O–H groups in total. The molecular formula is C16H32N2O. The van der Waals surface area contributed by atoms with Crippen LogP contribution in [0.25, 0.3) is 0 Å². The van der Waals surface area contributed by atoms with E-state index in [1.54, 1.807) is 0 Å². The lowest BCUT2D eigenvalue weighted by Gasteiger charge is -2.40. The van der Waals surface area contributed by atoms with Gasteiger partial charge in [0.1, 0.15) is 0 Å². The first kappa shape index (κ1) is 16.5. The van der Waals surface area contributed by atoms with Crippen LogP contribution in [0, 0.1) is 11.8 Å². The molecule has 0 bridgehead atoms. The highest BCUT2D eigenvalue weighted by Crippen LogP contribution is 2.32. The zero-order valence-corrected chi connectivity index (χ0v) is 13.0. The number of nitrogens with two attached hydrogens (primary N) is 1. The van der Waals surface area contributed by atoms with E-state index in [2.05, 4.69) is 26.1 Å². The molecule has 0 heterocycles. The standard InChI is InChI=1S/C16H32N2O/c1-4-7-14(8-5-2)15(19)18-16(12-17)10-6-9-13(3)11-16/h13-14H,4-12,17H2,1-3H3,(H,18,19). The number of hydrogen-bond acceptors (Lipinski definition) is 2. The number of nitrogens with one attached hydrogen (secondary N) is 1. The second-order valence-corrected chi connectivity index (χ2v) is 6.45. The quantitative estimate of drug-likeness (QED) is 0.745. The molecule has 0 aromatic carbocycles. The first-order chi connectivity index (χ1) is 9.06. The molecule has 1 aliphatic carbocycles. The van der Waals surface area contributed by atoms with Crippen LogP contribution in [0.4, 0.5) is 0 Å². The molecule has 19 heavy (non-hydrogen) atoms. The molecule has 3 heteroatoms. The SMILES string of the molecule is CCCC(CCC)C(=O)NC1(CN)CCCC(C)C1. The lowest BCUT2D eigenvalue weighted by atomic mass is 9.76. The molecule has 0 spiro atoms. The van der Waals surface area contributed by atoms with Crippen LogP contribution in [0.1, 0.15) is 72.1 Å². The molecule has 0 aromatic heterocycles. The number of carbonyl (C=O) groups is 1. The molecule has 1 rings (SSSR count). The van der Waals surface area contributed by atoms with E-state index in [1.165, 1.54) is 12.8 Å². The lowest BCUT2D eigenvalue weighted by molar-refractivity contribution is -0.128. The summed E-state index contributed by atoms with van der Waals surface area (Å²) in [6.07, 6.45) is 8.68. The van der Waals surface area contributed by atoms with Crippen molar-refractivity contribution in [1.82, 2.24) is 5.32 Å². The molecule has 1 aliphatic rings. The zero-order chi connectivity index (χ0) is 14.3. The van der Waals surface area contributed by atoms with Crippen molar-refractivity contribution in [3.8, 4) is 0 Å². The Morgan fingerprint density at radius 1 is 1.37 bits per heavy atom. The summed E-state index contributed by atoms with van der Waals surface area (Å²) in [5.41, 5.74) is 5.85. The van der Waals surface area contributed by atoms with Crippen molar-refractivity contribution in [2.24, 2.45) is 17.6 Å². The van der Waals surface area contributed by atoms with Gasteiger partial charge in [0.25, 0.3) is 0 Å². The zero-order valence-electron chi connectivity index (χ0n) is 13.0. The van der Waals surface area contributed by atoms with Gasteiger partial charge in [-0.15, -0.1) is 0 Å². The monoisotopic (exact) mass is 268 g/mol. The van der Waals surface area contributed by atoms with Crippen molar-refractivity contribution in [2.45, 2.75) is 77.7 Å². The number of hydrogen-bond donors (Lipinski definition) is 2. The Morgan fingerprint density at radius 3 is 2.47 bits per heavy atom. The molecule has 0 radical (unpaired) electrons. The van der Waals surface area contributed by atoms with Crippen molar-refractivity contribution in [3.05, 3.63) is 0 Å². The summed E-state index contributed by atoms with van der Waals surface area (Å²) in [5.74, 6) is 1.09. The van der Waals surface area contributed by atoms with Gasteiger partial charge in [-0.25, -0.2) is 0 Å². The Kier molecular flexibility index (Phi) is 6.84. The fraction of sp³-hybridized carbons (Fsp3) is 0.938. The smallest absolute Gasteiger partial charge is 0.223 e. The average Bonchev–Trinajstić information content (AvgIpc) is 2.38. The predicted molar refractivity (Wildman–Crippen MR) is 80.9 cm³/mol. The fourth-order valence-electron chi connectivity index (χ4n) is 3.48. The Balaban J connectivity index is 2.64. The summed E-state index contributed by atoms with van der Waals surface area (Å²) >= 11 is 0. The van der Waals surface area contributed by atoms with Crippen LogP contribution in [-0.4, -0.2) is 18.0 Å². The highest BCUT2D eigenvalue weighted by Gasteiger charge is 2.36. The third-order valence-corrected chi connectivity index (χ3v) is 4.52. The molecule has 0 saturated heterocycles. The second-order valence-electron chi connectivity index (χ2n) is 6.45. The molecule has 112 valence electrons. The van der Waals surface area contributed by atoms with Crippen LogP contribution in [0.15, 0.2) is 0 Å². The minimum Gasteiger partial charge on any atom is -0.349 e. The first-order valence-electron chi connectivity index (χ1n) is 8.09. The normalized spacial score (nSPS) is 27.5. The van der Waals surface area contributed by atoms with Gasteiger partial charge in [0.05, 0.1) is 5.54 Å². The molecular weight excluding hydrogens is 236 g/mol. The van der Waals surface area contributed by atoms with E-state index in [4.69, 9.17) is 5.73 Å². The molecule has 1 amide bonds. The maximum Gasteiger partial charge on any atom is 0.223 e. The van der Waals surface area contributed by atoms with Crippen LogP contribution in [0.2, 0.25) is 0 Å². The number of rotatable bonds is 7. The molecule has 1 saturated carbocycles.